The zero-order valence-corrected chi connectivity index (χ0v) is 24.5. The number of benzene rings is 3. The van der Waals surface area contributed by atoms with E-state index in [1.54, 1.807) is 25.1 Å². The second kappa shape index (κ2) is 12.4. The van der Waals surface area contributed by atoms with Crippen LogP contribution in [0, 0.1) is 17.0 Å². The van der Waals surface area contributed by atoms with E-state index in [-0.39, 0.29) is 23.4 Å². The molecule has 1 aliphatic heterocycles. The second-order valence-electron chi connectivity index (χ2n) is 9.74. The van der Waals surface area contributed by atoms with Crippen molar-refractivity contribution in [2.45, 2.75) is 25.8 Å². The average molecular weight is 629 g/mol. The maximum absolute atomic E-state index is 13.2. The molecule has 3 aromatic carbocycles. The Kier molecular flexibility index (Phi) is 8.67. The van der Waals surface area contributed by atoms with Gasteiger partial charge in [0.15, 0.2) is 0 Å². The number of hydrogen-bond donors (Lipinski definition) is 2. The molecule has 0 unspecified atom stereocenters. The van der Waals surface area contributed by atoms with Crippen molar-refractivity contribution in [3.63, 3.8) is 0 Å². The van der Waals surface area contributed by atoms with Crippen LogP contribution in [0.5, 0.6) is 5.75 Å². The van der Waals surface area contributed by atoms with E-state index < -0.39 is 11.0 Å². The maximum Gasteiger partial charge on any atom is 0.415 e. The van der Waals surface area contributed by atoms with Crippen LogP contribution >= 0.6 is 34.8 Å². The summed E-state index contributed by atoms with van der Waals surface area (Å²) in [6.45, 7) is 2.53. The third-order valence-corrected chi connectivity index (χ3v) is 7.92. The van der Waals surface area contributed by atoms with Crippen molar-refractivity contribution in [3.05, 3.63) is 97.1 Å². The minimum absolute atomic E-state index is 0.0927. The summed E-state index contributed by atoms with van der Waals surface area (Å²) in [6, 6.07) is 15.9. The number of nitrogens with zero attached hydrogens (tertiary/aromatic N) is 3. The van der Waals surface area contributed by atoms with Crippen LogP contribution in [0.15, 0.2) is 60.7 Å². The minimum atomic E-state index is -0.555. The number of likely N-dealkylation sites (tertiary alicyclic amines) is 1. The Morgan fingerprint density at radius 1 is 1.00 bits per heavy atom. The lowest BCUT2D eigenvalue weighted by atomic mass is 9.99. The number of amides is 2. The Bertz CT molecular complexity index is 1650. The number of aromatic amines is 1. The molecule has 1 fully saturated rings. The summed E-state index contributed by atoms with van der Waals surface area (Å²) < 4.78 is 5.33. The van der Waals surface area contributed by atoms with Gasteiger partial charge in [0.05, 0.1) is 15.6 Å². The first kappa shape index (κ1) is 29.4. The molecule has 2 amide bonds. The van der Waals surface area contributed by atoms with Crippen LogP contribution in [0.1, 0.15) is 28.9 Å². The predicted octanol–water partition coefficient (Wildman–Crippen LogP) is 7.31. The third kappa shape index (κ3) is 6.35. The van der Waals surface area contributed by atoms with Crippen LogP contribution in [0.4, 0.5) is 10.5 Å². The van der Waals surface area contributed by atoms with Gasteiger partial charge in [-0.1, -0.05) is 46.9 Å². The Hall–Kier alpha value is -4.12. The molecule has 1 saturated heterocycles. The van der Waals surface area contributed by atoms with Gasteiger partial charge < -0.3 is 15.0 Å². The molecule has 0 aliphatic carbocycles. The summed E-state index contributed by atoms with van der Waals surface area (Å²) in [5.74, 6) is -0.103. The Labute approximate surface area is 255 Å². The molecular weight excluding hydrogens is 605 g/mol. The lowest BCUT2D eigenvalue weighted by Crippen LogP contribution is -2.47. The number of carbonyl (C=O) groups excluding carboxylic acids is 2. The second-order valence-corrected chi connectivity index (χ2v) is 11.0. The van der Waals surface area contributed by atoms with E-state index >= 15 is 0 Å². The van der Waals surface area contributed by atoms with Crippen molar-refractivity contribution in [1.82, 2.24) is 20.4 Å². The highest BCUT2D eigenvalue weighted by molar-refractivity contribution is 6.38. The predicted molar refractivity (Wildman–Crippen MR) is 160 cm³/mol. The van der Waals surface area contributed by atoms with Crippen LogP contribution in [0.25, 0.3) is 22.4 Å². The van der Waals surface area contributed by atoms with Gasteiger partial charge in [-0.2, -0.15) is 5.10 Å². The highest BCUT2D eigenvalue weighted by Crippen LogP contribution is 2.39. The Balaban J connectivity index is 1.22. The largest absolute Gasteiger partial charge is 0.415 e. The summed E-state index contributed by atoms with van der Waals surface area (Å²) in [7, 11) is 0. The van der Waals surface area contributed by atoms with Crippen molar-refractivity contribution in [2.24, 2.45) is 0 Å². The molecule has 4 aromatic rings. The fourth-order valence-electron chi connectivity index (χ4n) is 4.73. The normalized spacial score (nSPS) is 13.6. The van der Waals surface area contributed by atoms with Crippen molar-refractivity contribution >= 4 is 52.5 Å². The van der Waals surface area contributed by atoms with Gasteiger partial charge >= 0.3 is 6.09 Å². The first-order valence-corrected chi connectivity index (χ1v) is 14.1. The van der Waals surface area contributed by atoms with Gasteiger partial charge in [0, 0.05) is 58.0 Å². The SMILES string of the molecule is Cc1c(-c2cc(-c3ccc(Cl)cc3)c(Cl)cc2Cl)n[nH]c1C(=O)NC1CCN(C(=O)Oc2ccc([N+](=O)[O-])cc2)CC1. The lowest BCUT2D eigenvalue weighted by molar-refractivity contribution is -0.384. The van der Waals surface area contributed by atoms with Crippen LogP contribution in [-0.4, -0.2) is 51.2 Å². The van der Waals surface area contributed by atoms with E-state index in [4.69, 9.17) is 39.5 Å². The van der Waals surface area contributed by atoms with E-state index in [2.05, 4.69) is 15.5 Å². The molecule has 216 valence electrons. The molecule has 0 bridgehead atoms. The van der Waals surface area contributed by atoms with Gasteiger partial charge in [-0.25, -0.2) is 4.79 Å². The molecule has 2 N–H and O–H groups in total. The molecule has 0 spiro atoms. The molecule has 42 heavy (non-hydrogen) atoms. The van der Waals surface area contributed by atoms with E-state index in [1.807, 2.05) is 18.2 Å². The standard InChI is InChI=1S/C29H24Cl3N5O5/c1-16-26(23-14-22(24(31)15-25(23)32)17-2-4-18(30)5-3-17)34-35-27(16)28(38)33-19-10-12-36(13-11-19)29(39)42-21-8-6-20(7-9-21)37(40)41/h2-9,14-15,19H,10-13H2,1H3,(H,33,38)(H,34,35). The van der Waals surface area contributed by atoms with Gasteiger partial charge in [-0.05, 0) is 61.7 Å². The number of hydrogen-bond acceptors (Lipinski definition) is 6. The van der Waals surface area contributed by atoms with Gasteiger partial charge in [0.2, 0.25) is 0 Å². The lowest BCUT2D eigenvalue weighted by Gasteiger charge is -2.31. The molecule has 1 aromatic heterocycles. The zero-order valence-electron chi connectivity index (χ0n) is 22.2. The molecular formula is C29H24Cl3N5O5. The van der Waals surface area contributed by atoms with Crippen molar-refractivity contribution in [2.75, 3.05) is 13.1 Å². The fourth-order valence-corrected chi connectivity index (χ4v) is 5.44. The van der Waals surface area contributed by atoms with E-state index in [1.165, 1.54) is 29.2 Å². The molecule has 1 aliphatic rings. The average Bonchev–Trinajstić information content (AvgIpc) is 3.35. The van der Waals surface area contributed by atoms with Gasteiger partial charge in [0.1, 0.15) is 11.4 Å². The van der Waals surface area contributed by atoms with Crippen LogP contribution in [0.2, 0.25) is 15.1 Å². The summed E-state index contributed by atoms with van der Waals surface area (Å²) >= 11 is 19.1. The molecule has 0 saturated carbocycles. The van der Waals surface area contributed by atoms with Gasteiger partial charge in [-0.3, -0.25) is 20.0 Å². The number of nitrogens with one attached hydrogen (secondary N) is 2. The zero-order chi connectivity index (χ0) is 30.0. The maximum atomic E-state index is 13.2. The van der Waals surface area contributed by atoms with Crippen LogP contribution in [-0.2, 0) is 0 Å². The molecule has 10 nitrogen and oxygen atoms in total. The number of ether oxygens (including phenoxy) is 1. The first-order chi connectivity index (χ1) is 20.1. The minimum Gasteiger partial charge on any atom is -0.410 e. The van der Waals surface area contributed by atoms with Crippen molar-refractivity contribution in [1.29, 1.82) is 0 Å². The third-order valence-electron chi connectivity index (χ3n) is 7.04. The summed E-state index contributed by atoms with van der Waals surface area (Å²) in [5.41, 5.74) is 3.60. The topological polar surface area (TPSA) is 130 Å². The molecule has 0 atom stereocenters. The molecule has 5 rings (SSSR count). The van der Waals surface area contributed by atoms with Crippen molar-refractivity contribution < 1.29 is 19.2 Å². The highest BCUT2D eigenvalue weighted by atomic mass is 35.5. The number of rotatable bonds is 6. The number of nitro benzene ring substituents is 1. The Morgan fingerprint density at radius 2 is 1.64 bits per heavy atom. The van der Waals surface area contributed by atoms with Crippen LogP contribution in [0.3, 0.4) is 0 Å². The number of aromatic nitrogens is 2. The van der Waals surface area contributed by atoms with E-state index in [0.717, 1.165) is 11.1 Å². The fraction of sp³-hybridized carbons (Fsp3) is 0.207. The smallest absolute Gasteiger partial charge is 0.410 e. The number of non-ortho nitro benzene ring substituents is 1. The number of halogens is 3. The molecule has 0 radical (unpaired) electrons. The molecule has 13 heteroatoms. The monoisotopic (exact) mass is 627 g/mol. The summed E-state index contributed by atoms with van der Waals surface area (Å²) in [6.07, 6.45) is 0.490. The quantitative estimate of drug-likeness (QED) is 0.170. The van der Waals surface area contributed by atoms with E-state index in [9.17, 15) is 19.7 Å². The highest BCUT2D eigenvalue weighted by Gasteiger charge is 2.27. The van der Waals surface area contributed by atoms with Crippen molar-refractivity contribution in [3.8, 4) is 28.1 Å². The number of H-pyrrole nitrogens is 1. The Morgan fingerprint density at radius 3 is 2.29 bits per heavy atom. The van der Waals surface area contributed by atoms with Gasteiger partial charge in [0.25, 0.3) is 11.6 Å². The summed E-state index contributed by atoms with van der Waals surface area (Å²) in [5, 5.41) is 22.5. The van der Waals surface area contributed by atoms with Crippen LogP contribution < -0.4 is 10.1 Å². The van der Waals surface area contributed by atoms with Gasteiger partial charge in [-0.15, -0.1) is 0 Å². The first-order valence-electron chi connectivity index (χ1n) is 12.9. The van der Waals surface area contributed by atoms with E-state index in [0.29, 0.717) is 63.5 Å². The summed E-state index contributed by atoms with van der Waals surface area (Å²) in [4.78, 5) is 37.5. The number of carbonyl (C=O) groups is 2. The molecule has 2 heterocycles. The number of piperidine rings is 1. The number of nitro groups is 1.